The van der Waals surface area contributed by atoms with Crippen molar-refractivity contribution in [2.45, 2.75) is 32.5 Å². The number of nitrogens with zero attached hydrogens (tertiary/aromatic N) is 2. The molecule has 1 aliphatic rings. The Morgan fingerprint density at radius 3 is 2.45 bits per heavy atom. The van der Waals surface area contributed by atoms with Gasteiger partial charge in [-0.15, -0.1) is 0 Å². The highest BCUT2D eigenvalue weighted by Crippen LogP contribution is 2.18. The molecule has 2 rings (SSSR count). The number of piperazine rings is 1. The topological polar surface area (TPSA) is 32.5 Å². The van der Waals surface area contributed by atoms with Gasteiger partial charge in [0.1, 0.15) is 10.8 Å². The summed E-state index contributed by atoms with van der Waals surface area (Å²) in [5.74, 6) is -0.227. The van der Waals surface area contributed by atoms with E-state index in [0.717, 1.165) is 13.1 Å². The first-order valence-electron chi connectivity index (χ1n) is 6.91. The second-order valence-electron chi connectivity index (χ2n) is 5.73. The van der Waals surface area contributed by atoms with Gasteiger partial charge in [0.15, 0.2) is 0 Å². The normalized spacial score (nSPS) is 24.8. The average molecular weight is 295 g/mol. The molecule has 2 unspecified atom stereocenters. The lowest BCUT2D eigenvalue weighted by Gasteiger charge is -2.42. The molecule has 3 nitrogen and oxygen atoms in total. The van der Waals surface area contributed by atoms with Crippen molar-refractivity contribution in [2.75, 3.05) is 20.1 Å². The van der Waals surface area contributed by atoms with Gasteiger partial charge in [-0.1, -0.05) is 24.4 Å². The molecular formula is C15H22FN3S. The maximum Gasteiger partial charge on any atom is 0.128 e. The summed E-state index contributed by atoms with van der Waals surface area (Å²) < 4.78 is 14.1. The first-order valence-corrected chi connectivity index (χ1v) is 7.32. The Balaban J connectivity index is 2.09. The van der Waals surface area contributed by atoms with Gasteiger partial charge in [-0.05, 0) is 27.0 Å². The number of halogens is 1. The third-order valence-corrected chi connectivity index (χ3v) is 4.40. The SMILES string of the molecule is CC1CN(Cc2ccc(C(N)=S)cc2F)CC(C)N1C. The van der Waals surface area contributed by atoms with Gasteiger partial charge < -0.3 is 5.73 Å². The minimum Gasteiger partial charge on any atom is -0.389 e. The largest absolute Gasteiger partial charge is 0.389 e. The van der Waals surface area contributed by atoms with E-state index in [2.05, 4.69) is 30.7 Å². The van der Waals surface area contributed by atoms with Crippen molar-refractivity contribution in [3.63, 3.8) is 0 Å². The maximum absolute atomic E-state index is 14.1. The molecule has 1 aliphatic heterocycles. The van der Waals surface area contributed by atoms with Crippen LogP contribution in [0.5, 0.6) is 0 Å². The Hall–Kier alpha value is -1.04. The highest BCUT2D eigenvalue weighted by molar-refractivity contribution is 7.80. The standard InChI is InChI=1S/C15H22FN3S/c1-10-7-19(8-11(2)18(10)3)9-13-5-4-12(15(17)20)6-14(13)16/h4-6,10-11H,7-9H2,1-3H3,(H2,17,20). The zero-order valence-electron chi connectivity index (χ0n) is 12.3. The van der Waals surface area contributed by atoms with E-state index in [1.165, 1.54) is 6.07 Å². The maximum atomic E-state index is 14.1. The van der Waals surface area contributed by atoms with Gasteiger partial charge in [0.25, 0.3) is 0 Å². The van der Waals surface area contributed by atoms with Crippen LogP contribution in [-0.4, -0.2) is 47.0 Å². The number of rotatable bonds is 3. The fourth-order valence-corrected chi connectivity index (χ4v) is 2.84. The summed E-state index contributed by atoms with van der Waals surface area (Å²) in [6.45, 7) is 6.95. The molecule has 1 aromatic rings. The van der Waals surface area contributed by atoms with Gasteiger partial charge in [-0.25, -0.2) is 4.39 Å². The van der Waals surface area contributed by atoms with E-state index in [-0.39, 0.29) is 10.8 Å². The molecule has 0 aliphatic carbocycles. The zero-order chi connectivity index (χ0) is 14.9. The fraction of sp³-hybridized carbons (Fsp3) is 0.533. The first kappa shape index (κ1) is 15.4. The van der Waals surface area contributed by atoms with E-state index in [1.807, 2.05) is 0 Å². The third kappa shape index (κ3) is 3.34. The van der Waals surface area contributed by atoms with Crippen molar-refractivity contribution in [3.8, 4) is 0 Å². The predicted molar refractivity (Wildman–Crippen MR) is 84.3 cm³/mol. The summed E-state index contributed by atoms with van der Waals surface area (Å²) >= 11 is 4.87. The van der Waals surface area contributed by atoms with Gasteiger partial charge in [0.05, 0.1) is 0 Å². The molecule has 0 bridgehead atoms. The van der Waals surface area contributed by atoms with Gasteiger partial charge >= 0.3 is 0 Å². The van der Waals surface area contributed by atoms with Crippen LogP contribution in [0.3, 0.4) is 0 Å². The molecular weight excluding hydrogens is 273 g/mol. The van der Waals surface area contributed by atoms with Gasteiger partial charge in [0, 0.05) is 42.8 Å². The number of thiocarbonyl (C=S) groups is 1. The van der Waals surface area contributed by atoms with Crippen molar-refractivity contribution in [2.24, 2.45) is 5.73 Å². The highest BCUT2D eigenvalue weighted by Gasteiger charge is 2.26. The van der Waals surface area contributed by atoms with Crippen molar-refractivity contribution in [1.82, 2.24) is 9.80 Å². The number of benzene rings is 1. The van der Waals surface area contributed by atoms with Crippen LogP contribution < -0.4 is 5.73 Å². The second-order valence-corrected chi connectivity index (χ2v) is 6.17. The Kier molecular flexibility index (Phi) is 4.73. The third-order valence-electron chi connectivity index (χ3n) is 4.17. The Morgan fingerprint density at radius 1 is 1.35 bits per heavy atom. The second kappa shape index (κ2) is 6.16. The smallest absolute Gasteiger partial charge is 0.128 e. The number of nitrogens with two attached hydrogens (primary N) is 1. The van der Waals surface area contributed by atoms with Crippen molar-refractivity contribution in [3.05, 3.63) is 35.1 Å². The van der Waals surface area contributed by atoms with Crippen molar-refractivity contribution >= 4 is 17.2 Å². The molecule has 1 heterocycles. The van der Waals surface area contributed by atoms with Gasteiger partial charge in [-0.2, -0.15) is 0 Å². The van der Waals surface area contributed by atoms with Gasteiger partial charge in [0.2, 0.25) is 0 Å². The van der Waals surface area contributed by atoms with Crippen LogP contribution in [0.25, 0.3) is 0 Å². The quantitative estimate of drug-likeness (QED) is 0.864. The van der Waals surface area contributed by atoms with E-state index in [9.17, 15) is 4.39 Å². The summed E-state index contributed by atoms with van der Waals surface area (Å²) in [4.78, 5) is 4.90. The van der Waals surface area contributed by atoms with Crippen LogP contribution in [0.2, 0.25) is 0 Å². The van der Waals surface area contributed by atoms with E-state index < -0.39 is 0 Å². The Bertz CT molecular complexity index is 494. The van der Waals surface area contributed by atoms with Gasteiger partial charge in [-0.3, -0.25) is 9.80 Å². The lowest BCUT2D eigenvalue weighted by molar-refractivity contribution is 0.0550. The minimum atomic E-state index is -0.227. The first-order chi connectivity index (χ1) is 9.38. The zero-order valence-corrected chi connectivity index (χ0v) is 13.1. The molecule has 0 aromatic heterocycles. The minimum absolute atomic E-state index is 0.227. The van der Waals surface area contributed by atoms with Crippen LogP contribution >= 0.6 is 12.2 Å². The Labute approximate surface area is 125 Å². The molecule has 1 saturated heterocycles. The molecule has 0 radical (unpaired) electrons. The van der Waals surface area contributed by atoms with E-state index in [4.69, 9.17) is 18.0 Å². The lowest BCUT2D eigenvalue weighted by Crippen LogP contribution is -2.54. The number of likely N-dealkylation sites (N-methyl/N-ethyl adjacent to an activating group) is 1. The molecule has 5 heteroatoms. The molecule has 0 amide bonds. The summed E-state index contributed by atoms with van der Waals surface area (Å²) in [5, 5.41) is 0. The number of hydrogen-bond acceptors (Lipinski definition) is 3. The van der Waals surface area contributed by atoms with E-state index >= 15 is 0 Å². The predicted octanol–water partition coefficient (Wildman–Crippen LogP) is 1.98. The molecule has 2 atom stereocenters. The lowest BCUT2D eigenvalue weighted by atomic mass is 10.1. The molecule has 110 valence electrons. The van der Waals surface area contributed by atoms with Crippen molar-refractivity contribution in [1.29, 1.82) is 0 Å². The van der Waals surface area contributed by atoms with Crippen LogP contribution in [0.15, 0.2) is 18.2 Å². The summed E-state index contributed by atoms with van der Waals surface area (Å²) in [6, 6.07) is 5.98. The van der Waals surface area contributed by atoms with Crippen LogP contribution in [0, 0.1) is 5.82 Å². The molecule has 2 N–H and O–H groups in total. The van der Waals surface area contributed by atoms with E-state index in [0.29, 0.717) is 29.8 Å². The molecule has 0 saturated carbocycles. The summed E-state index contributed by atoms with van der Waals surface area (Å²) in [5.41, 5.74) is 6.80. The summed E-state index contributed by atoms with van der Waals surface area (Å²) in [6.07, 6.45) is 0. The molecule has 1 fully saturated rings. The van der Waals surface area contributed by atoms with Crippen LogP contribution in [-0.2, 0) is 6.54 Å². The summed E-state index contributed by atoms with van der Waals surface area (Å²) in [7, 11) is 2.14. The van der Waals surface area contributed by atoms with Crippen LogP contribution in [0.1, 0.15) is 25.0 Å². The molecule has 0 spiro atoms. The average Bonchev–Trinajstić information content (AvgIpc) is 2.38. The molecule has 20 heavy (non-hydrogen) atoms. The van der Waals surface area contributed by atoms with Crippen molar-refractivity contribution < 1.29 is 4.39 Å². The van der Waals surface area contributed by atoms with E-state index in [1.54, 1.807) is 12.1 Å². The van der Waals surface area contributed by atoms with Crippen LogP contribution in [0.4, 0.5) is 4.39 Å². The molecule has 1 aromatic carbocycles. The fourth-order valence-electron chi connectivity index (χ4n) is 2.71. The monoisotopic (exact) mass is 295 g/mol. The highest BCUT2D eigenvalue weighted by atomic mass is 32.1. The number of hydrogen-bond donors (Lipinski definition) is 1. The Morgan fingerprint density at radius 2 is 1.95 bits per heavy atom.